The minimum absolute atomic E-state index is 0.0749. The molecule has 0 amide bonds. The van der Waals surface area contributed by atoms with E-state index in [1.165, 1.54) is 0 Å². The summed E-state index contributed by atoms with van der Waals surface area (Å²) in [6, 6.07) is 11.1. The lowest BCUT2D eigenvalue weighted by Crippen LogP contribution is -2.21. The fraction of sp³-hybridized carbons (Fsp3) is 0.250. The first kappa shape index (κ1) is 13.4. The van der Waals surface area contributed by atoms with Gasteiger partial charge in [-0.25, -0.2) is 9.78 Å². The summed E-state index contributed by atoms with van der Waals surface area (Å²) in [6.45, 7) is 2.42. The Balaban J connectivity index is 1.90. The Morgan fingerprint density at radius 2 is 2.19 bits per heavy atom. The number of aromatic carboxylic acids is 1. The third kappa shape index (κ3) is 2.81. The molecule has 1 aliphatic rings. The Morgan fingerprint density at radius 1 is 1.38 bits per heavy atom. The van der Waals surface area contributed by atoms with Crippen molar-refractivity contribution in [2.45, 2.75) is 19.4 Å². The molecule has 0 aliphatic carbocycles. The van der Waals surface area contributed by atoms with Gasteiger partial charge >= 0.3 is 5.97 Å². The Kier molecular flexibility index (Phi) is 3.48. The van der Waals surface area contributed by atoms with Gasteiger partial charge in [0.15, 0.2) is 0 Å². The highest BCUT2D eigenvalue weighted by atomic mass is 16.5. The molecule has 0 saturated carbocycles. The van der Waals surface area contributed by atoms with E-state index in [-0.39, 0.29) is 11.6 Å². The largest absolute Gasteiger partial charge is 0.493 e. The highest BCUT2D eigenvalue weighted by Crippen LogP contribution is 2.33. The van der Waals surface area contributed by atoms with E-state index in [4.69, 9.17) is 9.84 Å². The van der Waals surface area contributed by atoms with Crippen molar-refractivity contribution in [1.82, 2.24) is 4.98 Å². The minimum Gasteiger partial charge on any atom is -0.493 e. The summed E-state index contributed by atoms with van der Waals surface area (Å²) >= 11 is 0. The van der Waals surface area contributed by atoms with Gasteiger partial charge in [-0.2, -0.15) is 0 Å². The maximum atomic E-state index is 11.1. The number of ether oxygens (including phenoxy) is 1. The second-order valence-electron chi connectivity index (χ2n) is 5.06. The summed E-state index contributed by atoms with van der Waals surface area (Å²) in [6.07, 6.45) is 0.815. The maximum Gasteiger partial charge on any atom is 0.335 e. The molecule has 1 aromatic carbocycles. The number of carbonyl (C=O) groups is 1. The van der Waals surface area contributed by atoms with E-state index >= 15 is 0 Å². The molecule has 0 fully saturated rings. The second kappa shape index (κ2) is 5.44. The molecule has 1 aliphatic heterocycles. The van der Waals surface area contributed by atoms with Crippen molar-refractivity contribution in [3.05, 3.63) is 53.2 Å². The van der Waals surface area contributed by atoms with Gasteiger partial charge in [0.05, 0.1) is 18.2 Å². The standard InChI is InChI=1S/C16H16N2O3/c1-10-8-11(16(19)20)9-15(17-10)18-13-6-7-21-14-5-3-2-4-12(13)14/h2-5,8-9,13H,6-7H2,1H3,(H,17,18)(H,19,20). The van der Waals surface area contributed by atoms with Crippen LogP contribution < -0.4 is 10.1 Å². The number of hydrogen-bond acceptors (Lipinski definition) is 4. The number of aryl methyl sites for hydroxylation is 1. The monoisotopic (exact) mass is 284 g/mol. The van der Waals surface area contributed by atoms with Crippen LogP contribution in [0.5, 0.6) is 5.75 Å². The van der Waals surface area contributed by atoms with Crippen molar-refractivity contribution in [3.8, 4) is 5.75 Å². The number of rotatable bonds is 3. The van der Waals surface area contributed by atoms with Crippen LogP contribution in [0.1, 0.15) is 34.1 Å². The fourth-order valence-electron chi connectivity index (χ4n) is 2.54. The molecule has 108 valence electrons. The third-order valence-corrected chi connectivity index (χ3v) is 3.48. The Hall–Kier alpha value is -2.56. The average molecular weight is 284 g/mol. The molecule has 5 nitrogen and oxygen atoms in total. The smallest absolute Gasteiger partial charge is 0.335 e. The van der Waals surface area contributed by atoms with Gasteiger partial charge in [0.2, 0.25) is 0 Å². The molecule has 1 atom stereocenters. The van der Waals surface area contributed by atoms with Crippen LogP contribution in [0.4, 0.5) is 5.82 Å². The number of anilines is 1. The highest BCUT2D eigenvalue weighted by Gasteiger charge is 2.21. The van der Waals surface area contributed by atoms with Gasteiger partial charge in [-0.15, -0.1) is 0 Å². The summed E-state index contributed by atoms with van der Waals surface area (Å²) < 4.78 is 5.62. The first-order valence-electron chi connectivity index (χ1n) is 6.84. The lowest BCUT2D eigenvalue weighted by molar-refractivity contribution is 0.0696. The number of nitrogens with zero attached hydrogens (tertiary/aromatic N) is 1. The normalized spacial score (nSPS) is 16.7. The fourth-order valence-corrected chi connectivity index (χ4v) is 2.54. The topological polar surface area (TPSA) is 71.5 Å². The lowest BCUT2D eigenvalue weighted by Gasteiger charge is -2.27. The Labute approximate surface area is 122 Å². The van der Waals surface area contributed by atoms with Crippen LogP contribution in [0.25, 0.3) is 0 Å². The van der Waals surface area contributed by atoms with Crippen molar-refractivity contribution in [1.29, 1.82) is 0 Å². The molecular formula is C16H16N2O3. The number of pyridine rings is 1. The summed E-state index contributed by atoms with van der Waals surface area (Å²) in [5, 5.41) is 12.4. The van der Waals surface area contributed by atoms with Crippen molar-refractivity contribution >= 4 is 11.8 Å². The van der Waals surface area contributed by atoms with E-state index in [1.807, 2.05) is 24.3 Å². The van der Waals surface area contributed by atoms with Crippen LogP contribution in [0.2, 0.25) is 0 Å². The lowest BCUT2D eigenvalue weighted by atomic mass is 10.0. The molecule has 1 aromatic heterocycles. The number of hydrogen-bond donors (Lipinski definition) is 2. The maximum absolute atomic E-state index is 11.1. The first-order chi connectivity index (χ1) is 10.1. The van der Waals surface area contributed by atoms with E-state index in [2.05, 4.69) is 10.3 Å². The molecule has 2 heterocycles. The molecular weight excluding hydrogens is 268 g/mol. The third-order valence-electron chi connectivity index (χ3n) is 3.48. The molecule has 1 unspecified atom stereocenters. The van der Waals surface area contributed by atoms with Crippen LogP contribution in [-0.4, -0.2) is 22.7 Å². The van der Waals surface area contributed by atoms with Gasteiger partial charge in [0.1, 0.15) is 11.6 Å². The molecule has 3 rings (SSSR count). The van der Waals surface area contributed by atoms with Crippen molar-refractivity contribution in [2.24, 2.45) is 0 Å². The second-order valence-corrected chi connectivity index (χ2v) is 5.06. The predicted octanol–water partition coefficient (Wildman–Crippen LogP) is 3.02. The number of fused-ring (bicyclic) bond motifs is 1. The zero-order valence-electron chi connectivity index (χ0n) is 11.7. The zero-order valence-corrected chi connectivity index (χ0v) is 11.7. The van der Waals surface area contributed by atoms with Gasteiger partial charge in [-0.1, -0.05) is 18.2 Å². The van der Waals surface area contributed by atoms with Crippen LogP contribution in [0.15, 0.2) is 36.4 Å². The quantitative estimate of drug-likeness (QED) is 0.906. The minimum atomic E-state index is -0.948. The van der Waals surface area contributed by atoms with Crippen LogP contribution >= 0.6 is 0 Å². The summed E-state index contributed by atoms with van der Waals surface area (Å²) in [4.78, 5) is 15.5. The molecule has 0 spiro atoms. The van der Waals surface area contributed by atoms with E-state index in [9.17, 15) is 4.79 Å². The van der Waals surface area contributed by atoms with Crippen molar-refractivity contribution < 1.29 is 14.6 Å². The van der Waals surface area contributed by atoms with Gasteiger partial charge < -0.3 is 15.2 Å². The van der Waals surface area contributed by atoms with Gasteiger partial charge in [0, 0.05) is 17.7 Å². The van der Waals surface area contributed by atoms with Gasteiger partial charge in [-0.05, 0) is 25.1 Å². The van der Waals surface area contributed by atoms with Crippen LogP contribution in [0.3, 0.4) is 0 Å². The predicted molar refractivity (Wildman–Crippen MR) is 78.9 cm³/mol. The Morgan fingerprint density at radius 3 is 3.00 bits per heavy atom. The molecule has 2 aromatic rings. The molecule has 0 saturated heterocycles. The van der Waals surface area contributed by atoms with Crippen molar-refractivity contribution in [3.63, 3.8) is 0 Å². The van der Waals surface area contributed by atoms with Crippen molar-refractivity contribution in [2.75, 3.05) is 11.9 Å². The summed E-state index contributed by atoms with van der Waals surface area (Å²) in [5.74, 6) is 0.498. The average Bonchev–Trinajstić information content (AvgIpc) is 2.47. The molecule has 21 heavy (non-hydrogen) atoms. The summed E-state index contributed by atoms with van der Waals surface area (Å²) in [5.41, 5.74) is 1.99. The Bertz CT molecular complexity index is 685. The number of aromatic nitrogens is 1. The van der Waals surface area contributed by atoms with E-state index in [1.54, 1.807) is 19.1 Å². The van der Waals surface area contributed by atoms with E-state index in [0.717, 1.165) is 17.7 Å². The number of benzene rings is 1. The SMILES string of the molecule is Cc1cc(C(=O)O)cc(NC2CCOc3ccccc32)n1. The van der Waals surface area contributed by atoms with E-state index < -0.39 is 5.97 Å². The zero-order chi connectivity index (χ0) is 14.8. The summed E-state index contributed by atoms with van der Waals surface area (Å²) in [7, 11) is 0. The number of carboxylic acids is 1. The van der Waals surface area contributed by atoms with Crippen LogP contribution in [0, 0.1) is 6.92 Å². The number of carboxylic acid groups (broad SMARTS) is 1. The molecule has 0 bridgehead atoms. The van der Waals surface area contributed by atoms with Crippen LogP contribution in [-0.2, 0) is 0 Å². The van der Waals surface area contributed by atoms with Gasteiger partial charge in [0.25, 0.3) is 0 Å². The molecule has 5 heteroatoms. The molecule has 0 radical (unpaired) electrons. The highest BCUT2D eigenvalue weighted by molar-refractivity contribution is 5.88. The van der Waals surface area contributed by atoms with Gasteiger partial charge in [-0.3, -0.25) is 0 Å². The van der Waals surface area contributed by atoms with E-state index in [0.29, 0.717) is 18.1 Å². The first-order valence-corrected chi connectivity index (χ1v) is 6.84. The molecule has 2 N–H and O–H groups in total. The number of para-hydroxylation sites is 1. The number of nitrogens with one attached hydrogen (secondary N) is 1.